The third-order valence-corrected chi connectivity index (χ3v) is 1.28. The number of carboxylic acids is 1. The zero-order chi connectivity index (χ0) is 10.6. The van der Waals surface area contributed by atoms with Gasteiger partial charge in [0, 0.05) is 6.42 Å². The van der Waals surface area contributed by atoms with Gasteiger partial charge in [-0.15, -0.1) is 0 Å². The van der Waals surface area contributed by atoms with Gasteiger partial charge in [0.15, 0.2) is 6.08 Å². The van der Waals surface area contributed by atoms with Crippen molar-refractivity contribution in [1.29, 1.82) is 0 Å². The molecule has 0 aliphatic rings. The van der Waals surface area contributed by atoms with Crippen LogP contribution in [0.2, 0.25) is 0 Å². The van der Waals surface area contributed by atoms with Gasteiger partial charge in [-0.3, -0.25) is 0 Å². The molecule has 0 amide bonds. The molecule has 0 aliphatic heterocycles. The second-order valence-electron chi connectivity index (χ2n) is 2.27. The van der Waals surface area contributed by atoms with Crippen LogP contribution in [0.15, 0.2) is 0 Å². The highest BCUT2D eigenvalue weighted by molar-refractivity contribution is 5.71. The molecule has 0 saturated carbocycles. The summed E-state index contributed by atoms with van der Waals surface area (Å²) >= 11 is 0. The zero-order valence-electron chi connectivity index (χ0n) is 7.21. The summed E-state index contributed by atoms with van der Waals surface area (Å²) in [5.74, 6) is -1.82. The van der Waals surface area contributed by atoms with Crippen LogP contribution in [-0.2, 0) is 4.79 Å². The molecule has 3 atom stereocenters. The maximum Gasteiger partial charge on any atom is 0.332 e. The number of rotatable bonds is 5. The van der Waals surface area contributed by atoms with Crippen molar-refractivity contribution in [3.05, 3.63) is 0 Å². The van der Waals surface area contributed by atoms with Crippen molar-refractivity contribution in [1.82, 2.24) is 0 Å². The Balaban J connectivity index is 4.19. The summed E-state index contributed by atoms with van der Waals surface area (Å²) in [5, 5.41) is 43.1. The molecule has 0 radical (unpaired) electrons. The van der Waals surface area contributed by atoms with Crippen molar-refractivity contribution in [3.8, 4) is 0 Å². The lowest BCUT2D eigenvalue weighted by molar-refractivity contribution is -0.149. The fourth-order valence-corrected chi connectivity index (χ4v) is 0.543. The van der Waals surface area contributed by atoms with Crippen molar-refractivity contribution in [2.75, 3.05) is 6.61 Å². The first-order chi connectivity index (χ1) is 5.81. The SMILES string of the molecule is [2H][C@](O)(C[C@H](O)[C@H](O)CO)C(=O)O. The van der Waals surface area contributed by atoms with E-state index in [-0.39, 0.29) is 0 Å². The minimum Gasteiger partial charge on any atom is -0.479 e. The highest BCUT2D eigenvalue weighted by Crippen LogP contribution is 2.02. The van der Waals surface area contributed by atoms with Crippen LogP contribution in [0, 0.1) is 0 Å². The van der Waals surface area contributed by atoms with E-state index < -0.39 is 37.3 Å². The van der Waals surface area contributed by atoms with E-state index in [1.54, 1.807) is 0 Å². The maximum atomic E-state index is 10.2. The lowest BCUT2D eigenvalue weighted by atomic mass is 10.1. The topological polar surface area (TPSA) is 118 Å². The lowest BCUT2D eigenvalue weighted by Crippen LogP contribution is -2.35. The van der Waals surface area contributed by atoms with Gasteiger partial charge in [0.2, 0.25) is 0 Å². The van der Waals surface area contributed by atoms with E-state index in [2.05, 4.69) is 0 Å². The minimum absolute atomic E-state index is 0.767. The summed E-state index contributed by atoms with van der Waals surface area (Å²) in [5.41, 5.74) is 0. The Morgan fingerprint density at radius 3 is 2.17 bits per heavy atom. The summed E-state index contributed by atoms with van der Waals surface area (Å²) in [6, 6.07) is 0. The number of hydrogen-bond donors (Lipinski definition) is 5. The highest BCUT2D eigenvalue weighted by Gasteiger charge is 2.23. The molecule has 0 fully saturated rings. The van der Waals surface area contributed by atoms with Crippen LogP contribution in [0.3, 0.4) is 0 Å². The second kappa shape index (κ2) is 5.04. The minimum atomic E-state index is -2.85. The van der Waals surface area contributed by atoms with Crippen molar-refractivity contribution in [2.24, 2.45) is 0 Å². The molecule has 0 rings (SSSR count). The third-order valence-electron chi connectivity index (χ3n) is 1.28. The molecule has 72 valence electrons. The molecule has 0 aliphatic carbocycles. The molecule has 5 N–H and O–H groups in total. The molecule has 0 heterocycles. The summed E-state index contributed by atoms with van der Waals surface area (Å²) in [6.45, 7) is -0.767. The Kier molecular flexibility index (Phi) is 3.95. The van der Waals surface area contributed by atoms with Crippen LogP contribution in [0.25, 0.3) is 0 Å². The molecule has 0 spiro atoms. The van der Waals surface area contributed by atoms with Crippen molar-refractivity contribution in [3.63, 3.8) is 0 Å². The van der Waals surface area contributed by atoms with Gasteiger partial charge >= 0.3 is 5.97 Å². The largest absolute Gasteiger partial charge is 0.479 e. The molecule has 0 unspecified atom stereocenters. The van der Waals surface area contributed by atoms with Crippen LogP contribution in [-0.4, -0.2) is 56.4 Å². The first-order valence-electron chi connectivity index (χ1n) is 3.74. The predicted molar refractivity (Wildman–Crippen MR) is 37.4 cm³/mol. The van der Waals surface area contributed by atoms with Crippen molar-refractivity contribution < 1.29 is 31.7 Å². The first kappa shape index (κ1) is 9.40. The first-order valence-corrected chi connectivity index (χ1v) is 3.24. The number of carboxylic acid groups (broad SMARTS) is 1. The van der Waals surface area contributed by atoms with E-state index in [1.807, 2.05) is 0 Å². The Hall–Kier alpha value is -0.690. The third kappa shape index (κ3) is 3.63. The summed E-state index contributed by atoms with van der Waals surface area (Å²) < 4.78 is 6.78. The molecular formula is C6H12O6. The van der Waals surface area contributed by atoms with E-state index >= 15 is 0 Å². The zero-order valence-corrected chi connectivity index (χ0v) is 6.21. The van der Waals surface area contributed by atoms with Crippen molar-refractivity contribution in [2.45, 2.75) is 24.7 Å². The number of aliphatic hydroxyl groups is 4. The smallest absolute Gasteiger partial charge is 0.332 e. The van der Waals surface area contributed by atoms with Gasteiger partial charge in [0.1, 0.15) is 6.10 Å². The molecular weight excluding hydrogens is 168 g/mol. The molecule has 12 heavy (non-hydrogen) atoms. The van der Waals surface area contributed by atoms with Gasteiger partial charge in [-0.2, -0.15) is 0 Å². The summed E-state index contributed by atoms with van der Waals surface area (Å²) in [6.07, 6.45) is -6.93. The molecule has 0 saturated heterocycles. The highest BCUT2D eigenvalue weighted by atomic mass is 16.4. The molecule has 0 aromatic carbocycles. The molecule has 0 aromatic rings. The van der Waals surface area contributed by atoms with Crippen LogP contribution >= 0.6 is 0 Å². The second-order valence-corrected chi connectivity index (χ2v) is 2.27. The fourth-order valence-electron chi connectivity index (χ4n) is 0.543. The van der Waals surface area contributed by atoms with E-state index in [4.69, 9.17) is 26.9 Å². The Morgan fingerprint density at radius 2 is 1.83 bits per heavy atom. The normalized spacial score (nSPS) is 22.2. The monoisotopic (exact) mass is 181 g/mol. The van der Waals surface area contributed by atoms with Gasteiger partial charge < -0.3 is 25.5 Å². The van der Waals surface area contributed by atoms with Crippen LogP contribution in [0.5, 0.6) is 0 Å². The molecule has 0 bridgehead atoms. The molecule has 0 aromatic heterocycles. The van der Waals surface area contributed by atoms with Crippen LogP contribution < -0.4 is 0 Å². The van der Waals surface area contributed by atoms with E-state index in [9.17, 15) is 4.79 Å². The van der Waals surface area contributed by atoms with E-state index in [0.717, 1.165) is 0 Å². The standard InChI is InChI=1S/C6H12O6/c7-2-5(10)3(8)1-4(9)6(11)12/h3-5,7-10H,1-2H2,(H,11,12)/t3-,4-,5+/m0/s1/i4D. The van der Waals surface area contributed by atoms with Crippen LogP contribution in [0.1, 0.15) is 7.79 Å². The van der Waals surface area contributed by atoms with Gasteiger partial charge in [-0.1, -0.05) is 0 Å². The number of aliphatic hydroxyl groups excluding tert-OH is 3. The summed E-state index contributed by atoms with van der Waals surface area (Å²) in [4.78, 5) is 10.2. The number of hydrogen-bond acceptors (Lipinski definition) is 5. The quantitative estimate of drug-likeness (QED) is 0.321. The lowest BCUT2D eigenvalue weighted by Gasteiger charge is -2.16. The number of aliphatic carboxylic acids is 1. The van der Waals surface area contributed by atoms with E-state index in [1.165, 1.54) is 0 Å². The van der Waals surface area contributed by atoms with Crippen molar-refractivity contribution >= 4 is 5.97 Å². The van der Waals surface area contributed by atoms with Gasteiger partial charge in [0.05, 0.1) is 14.1 Å². The molecule has 6 heteroatoms. The Labute approximate surface area is 70.1 Å². The average molecular weight is 181 g/mol. The van der Waals surface area contributed by atoms with Crippen LogP contribution in [0.4, 0.5) is 0 Å². The Bertz CT molecular complexity index is 182. The summed E-state index contributed by atoms with van der Waals surface area (Å²) in [7, 11) is 0. The van der Waals surface area contributed by atoms with Gasteiger partial charge in [0.25, 0.3) is 0 Å². The Morgan fingerprint density at radius 1 is 1.33 bits per heavy atom. The van der Waals surface area contributed by atoms with Gasteiger partial charge in [-0.25, -0.2) is 4.79 Å². The fraction of sp³-hybridized carbons (Fsp3) is 0.833. The average Bonchev–Trinajstić information content (AvgIpc) is 2.01. The van der Waals surface area contributed by atoms with Gasteiger partial charge in [-0.05, 0) is 0 Å². The maximum absolute atomic E-state index is 10.2. The van der Waals surface area contributed by atoms with E-state index in [0.29, 0.717) is 0 Å². The predicted octanol–water partition coefficient (Wildman–Crippen LogP) is -2.46. The number of carbonyl (C=O) groups is 1. The molecule has 6 nitrogen and oxygen atoms in total.